The summed E-state index contributed by atoms with van der Waals surface area (Å²) >= 11 is 0. The van der Waals surface area contributed by atoms with Crippen LogP contribution in [0.3, 0.4) is 0 Å². The highest BCUT2D eigenvalue weighted by atomic mass is 16.7. The van der Waals surface area contributed by atoms with Crippen molar-refractivity contribution in [3.8, 4) is 0 Å². The number of hydrogen-bond acceptors (Lipinski definition) is 7. The summed E-state index contributed by atoms with van der Waals surface area (Å²) in [4.78, 5) is 26.0. The van der Waals surface area contributed by atoms with E-state index in [9.17, 15) is 19.8 Å². The molecule has 2 heterocycles. The first-order chi connectivity index (χ1) is 15.8. The van der Waals surface area contributed by atoms with Crippen LogP contribution in [0.1, 0.15) is 59.4 Å². The molecular weight excluding hydrogens is 436 g/mol. The van der Waals surface area contributed by atoms with Gasteiger partial charge in [-0.1, -0.05) is 33.8 Å². The van der Waals surface area contributed by atoms with Crippen LogP contribution in [0.15, 0.2) is 46.5 Å². The van der Waals surface area contributed by atoms with Gasteiger partial charge in [-0.05, 0) is 55.6 Å². The molecule has 0 unspecified atom stereocenters. The minimum absolute atomic E-state index is 0.0408. The van der Waals surface area contributed by atoms with Crippen LogP contribution in [-0.2, 0) is 24.8 Å². The largest absolute Gasteiger partial charge is 0.490 e. The molecular formula is C27H34O7. The van der Waals surface area contributed by atoms with Crippen LogP contribution in [0, 0.1) is 33.5 Å². The molecule has 5 rings (SSSR count). The summed E-state index contributed by atoms with van der Waals surface area (Å²) in [7, 11) is 1.42. The van der Waals surface area contributed by atoms with Gasteiger partial charge in [0.2, 0.25) is 5.76 Å². The SMILES string of the molecule is COC1=C2[C@]3(C)[C@H](O)C[C@H]4C(C)(C)C(=O)C=C[C@]4(C)[C@H]3CC[C@@]2(C)[C@](O)(c2ccoc2)OC1=O. The van der Waals surface area contributed by atoms with Gasteiger partial charge in [-0.15, -0.1) is 0 Å². The number of cyclic esters (lactones) is 1. The Morgan fingerprint density at radius 2 is 1.82 bits per heavy atom. The summed E-state index contributed by atoms with van der Waals surface area (Å²) in [5.74, 6) is -2.79. The molecule has 184 valence electrons. The number of ketones is 1. The third kappa shape index (κ3) is 2.49. The van der Waals surface area contributed by atoms with Crippen molar-refractivity contribution in [1.29, 1.82) is 0 Å². The Balaban J connectivity index is 1.76. The molecule has 2 saturated carbocycles. The molecule has 7 heteroatoms. The van der Waals surface area contributed by atoms with Gasteiger partial charge in [0.15, 0.2) is 5.78 Å². The number of esters is 1. The van der Waals surface area contributed by atoms with E-state index in [2.05, 4.69) is 6.92 Å². The minimum atomic E-state index is -1.97. The second kappa shape index (κ2) is 6.85. The third-order valence-corrected chi connectivity index (χ3v) is 10.0. The van der Waals surface area contributed by atoms with Gasteiger partial charge in [-0.2, -0.15) is 0 Å². The Bertz CT molecular complexity index is 1110. The lowest BCUT2D eigenvalue weighted by Crippen LogP contribution is -2.67. The van der Waals surface area contributed by atoms with Crippen LogP contribution < -0.4 is 0 Å². The molecule has 7 nitrogen and oxygen atoms in total. The normalized spacial score (nSPS) is 45.2. The first-order valence-corrected chi connectivity index (χ1v) is 12.0. The summed E-state index contributed by atoms with van der Waals surface area (Å²) in [5, 5.41) is 23.8. The van der Waals surface area contributed by atoms with E-state index >= 15 is 0 Å². The van der Waals surface area contributed by atoms with E-state index in [1.807, 2.05) is 33.8 Å². The molecule has 0 radical (unpaired) electrons. The molecule has 0 aromatic carbocycles. The standard InChI is InChI=1S/C27H34O7/c1-23(2)17-13-19(29)26(5)16(24(17,3)10-8-18(23)28)7-11-25(4)21(26)20(32-6)22(30)34-27(25,31)15-9-12-33-14-15/h8-10,12,14,16-17,19,29,31H,7,11,13H2,1-6H3/t16-,17+,19-,24-,25-,26+,27+/m1/s1. The second-order valence-corrected chi connectivity index (χ2v) is 11.7. The molecule has 0 amide bonds. The van der Waals surface area contributed by atoms with Crippen LogP contribution >= 0.6 is 0 Å². The van der Waals surface area contributed by atoms with Crippen molar-refractivity contribution in [1.82, 2.24) is 0 Å². The zero-order valence-corrected chi connectivity index (χ0v) is 20.7. The highest BCUT2D eigenvalue weighted by Crippen LogP contribution is 2.72. The van der Waals surface area contributed by atoms with Gasteiger partial charge in [0, 0.05) is 16.4 Å². The van der Waals surface area contributed by atoms with E-state index in [0.29, 0.717) is 30.4 Å². The van der Waals surface area contributed by atoms with Crippen molar-refractivity contribution in [2.24, 2.45) is 33.5 Å². The van der Waals surface area contributed by atoms with Crippen molar-refractivity contribution >= 4 is 11.8 Å². The summed E-state index contributed by atoms with van der Waals surface area (Å²) in [6.07, 6.45) is 7.20. The molecule has 1 aromatic heterocycles. The van der Waals surface area contributed by atoms with Gasteiger partial charge >= 0.3 is 5.97 Å². The number of furan rings is 1. The van der Waals surface area contributed by atoms with Gasteiger partial charge in [-0.3, -0.25) is 4.79 Å². The Labute approximate surface area is 199 Å². The zero-order chi connectivity index (χ0) is 24.9. The lowest BCUT2D eigenvalue weighted by atomic mass is 9.37. The number of methoxy groups -OCH3 is 1. The van der Waals surface area contributed by atoms with E-state index in [-0.39, 0.29) is 23.4 Å². The summed E-state index contributed by atoms with van der Waals surface area (Å²) in [5.41, 5.74) is -2.05. The van der Waals surface area contributed by atoms with Gasteiger partial charge in [0.05, 0.1) is 30.5 Å². The fraction of sp³-hybridized carbons (Fsp3) is 0.630. The number of hydrogen-bond donors (Lipinski definition) is 2. The molecule has 1 aliphatic heterocycles. The van der Waals surface area contributed by atoms with Gasteiger partial charge in [0.25, 0.3) is 5.79 Å². The number of aliphatic hydroxyl groups is 2. The minimum Gasteiger partial charge on any atom is -0.490 e. The quantitative estimate of drug-likeness (QED) is 0.632. The van der Waals surface area contributed by atoms with E-state index in [4.69, 9.17) is 13.9 Å². The van der Waals surface area contributed by atoms with Gasteiger partial charge < -0.3 is 24.1 Å². The van der Waals surface area contributed by atoms with E-state index < -0.39 is 39.5 Å². The van der Waals surface area contributed by atoms with Crippen molar-refractivity contribution < 1.29 is 33.7 Å². The molecule has 34 heavy (non-hydrogen) atoms. The summed E-state index contributed by atoms with van der Waals surface area (Å²) in [6.45, 7) is 9.92. The average Bonchev–Trinajstić information content (AvgIpc) is 3.31. The Kier molecular flexibility index (Phi) is 4.71. The maximum absolute atomic E-state index is 13.2. The molecule has 1 aromatic rings. The van der Waals surface area contributed by atoms with Gasteiger partial charge in [0.1, 0.15) is 6.26 Å². The first-order valence-electron chi connectivity index (χ1n) is 12.0. The molecule has 2 N–H and O–H groups in total. The third-order valence-electron chi connectivity index (χ3n) is 10.0. The maximum atomic E-state index is 13.2. The number of aliphatic hydroxyl groups excluding tert-OH is 1. The van der Waals surface area contributed by atoms with Crippen molar-refractivity contribution in [2.75, 3.05) is 7.11 Å². The second-order valence-electron chi connectivity index (χ2n) is 11.7. The number of carbonyl (C=O) groups is 2. The highest BCUT2D eigenvalue weighted by Gasteiger charge is 2.72. The lowest BCUT2D eigenvalue weighted by molar-refractivity contribution is -0.285. The molecule has 0 spiro atoms. The van der Waals surface area contributed by atoms with Crippen molar-refractivity contribution in [2.45, 2.75) is 65.8 Å². The first kappa shape index (κ1) is 23.4. The number of carbonyl (C=O) groups excluding carboxylic acids is 2. The smallest absolute Gasteiger partial charge is 0.376 e. The summed E-state index contributed by atoms with van der Waals surface area (Å²) in [6, 6.07) is 1.59. The Morgan fingerprint density at radius 1 is 1.12 bits per heavy atom. The fourth-order valence-corrected chi connectivity index (χ4v) is 8.14. The number of fused-ring (bicyclic) bond motifs is 5. The van der Waals surface area contributed by atoms with E-state index in [1.165, 1.54) is 19.6 Å². The Hall–Kier alpha value is -2.38. The monoisotopic (exact) mass is 470 g/mol. The molecule has 2 fully saturated rings. The predicted molar refractivity (Wildman–Crippen MR) is 122 cm³/mol. The topological polar surface area (TPSA) is 106 Å². The summed E-state index contributed by atoms with van der Waals surface area (Å²) < 4.78 is 16.5. The van der Waals surface area contributed by atoms with Crippen molar-refractivity contribution in [3.05, 3.63) is 47.6 Å². The number of allylic oxidation sites excluding steroid dienone is 2. The Morgan fingerprint density at radius 3 is 2.44 bits per heavy atom. The van der Waals surface area contributed by atoms with Crippen LogP contribution in [0.4, 0.5) is 0 Å². The molecule has 7 atom stereocenters. The molecule has 4 aliphatic rings. The zero-order valence-electron chi connectivity index (χ0n) is 20.7. The van der Waals surface area contributed by atoms with Gasteiger partial charge in [-0.25, -0.2) is 4.79 Å². The fourth-order valence-electron chi connectivity index (χ4n) is 8.14. The van der Waals surface area contributed by atoms with Crippen LogP contribution in [0.5, 0.6) is 0 Å². The van der Waals surface area contributed by atoms with Crippen LogP contribution in [0.2, 0.25) is 0 Å². The average molecular weight is 471 g/mol. The molecule has 0 saturated heterocycles. The van der Waals surface area contributed by atoms with Crippen molar-refractivity contribution in [3.63, 3.8) is 0 Å². The van der Waals surface area contributed by atoms with E-state index in [1.54, 1.807) is 12.1 Å². The van der Waals surface area contributed by atoms with Crippen LogP contribution in [-0.4, -0.2) is 35.2 Å². The lowest BCUT2D eigenvalue weighted by Gasteiger charge is -2.67. The number of ether oxygens (including phenoxy) is 2. The highest BCUT2D eigenvalue weighted by molar-refractivity contribution is 5.96. The predicted octanol–water partition coefficient (Wildman–Crippen LogP) is 3.86. The number of rotatable bonds is 2. The molecule has 0 bridgehead atoms. The molecule has 3 aliphatic carbocycles. The van der Waals surface area contributed by atoms with E-state index in [0.717, 1.165) is 0 Å². The maximum Gasteiger partial charge on any atom is 0.376 e. The van der Waals surface area contributed by atoms with Crippen LogP contribution in [0.25, 0.3) is 0 Å².